The Balaban J connectivity index is 0.000000626. The van der Waals surface area contributed by atoms with Crippen molar-refractivity contribution in [1.82, 2.24) is 14.9 Å². The highest BCUT2D eigenvalue weighted by Gasteiger charge is 2.57. The second-order valence-electron chi connectivity index (χ2n) is 13.3. The number of nitrogens with one attached hydrogen (secondary N) is 2. The number of carboxylic acid groups (broad SMARTS) is 1. The molecule has 9 nitrogen and oxygen atoms in total. The molecule has 0 aromatic heterocycles. The summed E-state index contributed by atoms with van der Waals surface area (Å²) in [5.41, 5.74) is 0.424. The van der Waals surface area contributed by atoms with Gasteiger partial charge in [-0.05, 0) is 90.4 Å². The number of nitrogens with zero attached hydrogens (tertiary/aromatic N) is 1. The molecule has 0 bridgehead atoms. The summed E-state index contributed by atoms with van der Waals surface area (Å²) in [7, 11) is -4.55. The monoisotopic (exact) mass is 779 g/mol. The van der Waals surface area contributed by atoms with Crippen molar-refractivity contribution >= 4 is 44.3 Å². The third-order valence-corrected chi connectivity index (χ3v) is 11.5. The molecule has 0 radical (unpaired) electrons. The molecule has 16 heteroatoms. The van der Waals surface area contributed by atoms with Gasteiger partial charge in [0.25, 0.3) is 5.92 Å². The normalized spacial score (nSPS) is 17.7. The van der Waals surface area contributed by atoms with Crippen LogP contribution >= 0.6 is 11.6 Å². The molecule has 3 fully saturated rings. The Labute approximate surface area is 307 Å². The molecule has 7 rings (SSSR count). The first-order valence-corrected chi connectivity index (χ1v) is 18.6. The van der Waals surface area contributed by atoms with Crippen LogP contribution in [0.1, 0.15) is 37.7 Å². The highest BCUT2D eigenvalue weighted by atomic mass is 35.5. The maximum Gasteiger partial charge on any atom is 0.490 e. The number of likely N-dealkylation sites (tertiary alicyclic amines) is 1. The van der Waals surface area contributed by atoms with Crippen LogP contribution in [-0.4, -0.2) is 73.8 Å². The third-order valence-electron chi connectivity index (χ3n) is 9.82. The van der Waals surface area contributed by atoms with Gasteiger partial charge in [0.1, 0.15) is 5.75 Å². The fourth-order valence-electron chi connectivity index (χ4n) is 6.66. The minimum absolute atomic E-state index is 0.173. The van der Waals surface area contributed by atoms with Gasteiger partial charge in [-0.25, -0.2) is 13.2 Å². The second kappa shape index (κ2) is 14.8. The van der Waals surface area contributed by atoms with E-state index in [1.165, 1.54) is 41.3 Å². The van der Waals surface area contributed by atoms with Crippen LogP contribution in [0.3, 0.4) is 0 Å². The topological polar surface area (TPSA) is 125 Å². The van der Waals surface area contributed by atoms with Crippen molar-refractivity contribution in [2.45, 2.75) is 66.8 Å². The molecule has 3 N–H and O–H groups in total. The number of alkyl halides is 5. The number of carboxylic acids is 1. The fraction of sp³-hybridized carbons (Fsp3) is 0.351. The van der Waals surface area contributed by atoms with E-state index in [1.54, 1.807) is 42.5 Å². The van der Waals surface area contributed by atoms with Crippen LogP contribution in [0.4, 0.5) is 22.0 Å². The molecule has 2 aliphatic heterocycles. The average molecular weight is 780 g/mol. The number of rotatable bonds is 9. The maximum atomic E-state index is 16.4. The lowest BCUT2D eigenvalue weighted by Crippen LogP contribution is -2.79. The summed E-state index contributed by atoms with van der Waals surface area (Å²) in [6.07, 6.45) is 0.0508. The standard InChI is InChI=1S/C35H34ClF2N3O4S.C2HF3O2/c36-28-13-7-24(8-14-28)23-5-11-27(12-6-23)35(37,38)32(33(42)41-18-17-34(41)21-39-22-34)40-46(43,44)31-16-10-25-19-30(15-9-26(25)20-31)45-29-3-1-2-4-29;3-2(4,5)1(6)7/h5-16,19-20,29,32,39-40H,1-4,17-18,21-22H2;(H,6,7). The number of aliphatic carboxylic acids is 1. The smallest absolute Gasteiger partial charge is 0.490 e. The Morgan fingerprint density at radius 1 is 0.887 bits per heavy atom. The summed E-state index contributed by atoms with van der Waals surface area (Å²) >= 11 is 5.99. The molecule has 4 aromatic rings. The maximum absolute atomic E-state index is 16.4. The number of hydrogen-bond donors (Lipinski definition) is 3. The van der Waals surface area contributed by atoms with Gasteiger partial charge in [-0.15, -0.1) is 0 Å². The molecule has 53 heavy (non-hydrogen) atoms. The molecule has 282 valence electrons. The van der Waals surface area contributed by atoms with E-state index in [0.717, 1.165) is 36.6 Å². The van der Waals surface area contributed by atoms with Crippen molar-refractivity contribution < 1.29 is 49.8 Å². The van der Waals surface area contributed by atoms with E-state index >= 15 is 8.78 Å². The summed E-state index contributed by atoms with van der Waals surface area (Å²) in [5.74, 6) is -6.86. The zero-order valence-corrected chi connectivity index (χ0v) is 29.6. The first kappa shape index (κ1) is 38.4. The molecule has 4 aromatic carbocycles. The van der Waals surface area contributed by atoms with Gasteiger partial charge in [-0.3, -0.25) is 4.79 Å². The fourth-order valence-corrected chi connectivity index (χ4v) is 8.01. The number of ether oxygens (including phenoxy) is 1. The molecule has 1 amide bonds. The van der Waals surface area contributed by atoms with Crippen LogP contribution < -0.4 is 14.8 Å². The first-order valence-electron chi connectivity index (χ1n) is 16.8. The Morgan fingerprint density at radius 2 is 1.45 bits per heavy atom. The summed E-state index contributed by atoms with van der Waals surface area (Å²) < 4.78 is 100. The Kier molecular flexibility index (Phi) is 10.8. The van der Waals surface area contributed by atoms with Crippen LogP contribution in [0.15, 0.2) is 89.8 Å². The first-order chi connectivity index (χ1) is 25.0. The molecular weight excluding hydrogens is 745 g/mol. The lowest BCUT2D eigenvalue weighted by molar-refractivity contribution is -0.192. The third kappa shape index (κ3) is 8.27. The van der Waals surface area contributed by atoms with E-state index in [4.69, 9.17) is 26.2 Å². The summed E-state index contributed by atoms with van der Waals surface area (Å²) in [6, 6.07) is 19.9. The number of benzene rings is 4. The number of carbonyl (C=O) groups excluding carboxylic acids is 1. The summed E-state index contributed by atoms with van der Waals surface area (Å²) in [4.78, 5) is 23.9. The lowest BCUT2D eigenvalue weighted by atomic mass is 9.78. The highest BCUT2D eigenvalue weighted by molar-refractivity contribution is 7.89. The van der Waals surface area contributed by atoms with Crippen molar-refractivity contribution in [3.8, 4) is 16.9 Å². The number of carbonyl (C=O) groups is 2. The van der Waals surface area contributed by atoms with E-state index in [9.17, 15) is 26.4 Å². The lowest BCUT2D eigenvalue weighted by Gasteiger charge is -2.59. The molecular formula is C37H35ClF5N3O6S. The summed E-state index contributed by atoms with van der Waals surface area (Å²) in [5, 5.41) is 12.1. The van der Waals surface area contributed by atoms with Gasteiger partial charge in [0.05, 0.1) is 16.5 Å². The van der Waals surface area contributed by atoms with E-state index in [0.29, 0.717) is 41.2 Å². The van der Waals surface area contributed by atoms with Crippen molar-refractivity contribution in [2.75, 3.05) is 19.6 Å². The molecule has 2 saturated heterocycles. The number of amides is 1. The Bertz CT molecular complexity index is 2080. The van der Waals surface area contributed by atoms with Crippen LogP contribution in [0.2, 0.25) is 5.02 Å². The zero-order valence-electron chi connectivity index (χ0n) is 28.0. The van der Waals surface area contributed by atoms with Crippen molar-refractivity contribution in [3.05, 3.63) is 95.5 Å². The average Bonchev–Trinajstić information content (AvgIpc) is 3.59. The Hall–Kier alpha value is -4.31. The predicted molar refractivity (Wildman–Crippen MR) is 187 cm³/mol. The highest BCUT2D eigenvalue weighted by Crippen LogP contribution is 2.40. The number of halogens is 6. The van der Waals surface area contributed by atoms with Gasteiger partial charge in [0.15, 0.2) is 6.04 Å². The van der Waals surface area contributed by atoms with E-state index in [-0.39, 0.29) is 17.5 Å². The minimum Gasteiger partial charge on any atom is -0.490 e. The van der Waals surface area contributed by atoms with Crippen LogP contribution in [0, 0.1) is 0 Å². The minimum atomic E-state index is -5.08. The van der Waals surface area contributed by atoms with E-state index in [1.807, 2.05) is 6.07 Å². The molecule has 2 heterocycles. The summed E-state index contributed by atoms with van der Waals surface area (Å²) in [6.45, 7) is 1.25. The molecule has 1 atom stereocenters. The largest absolute Gasteiger partial charge is 0.490 e. The number of hydrogen-bond acceptors (Lipinski definition) is 6. The molecule has 3 aliphatic rings. The molecule has 1 unspecified atom stereocenters. The number of sulfonamides is 1. The van der Waals surface area contributed by atoms with Crippen molar-refractivity contribution in [2.24, 2.45) is 0 Å². The molecule has 1 saturated carbocycles. The van der Waals surface area contributed by atoms with Gasteiger partial charge in [0, 0.05) is 30.2 Å². The van der Waals surface area contributed by atoms with E-state index < -0.39 is 51.1 Å². The SMILES string of the molecule is O=C(C(NS(=O)(=O)c1ccc2cc(OC3CCCC3)ccc2c1)C(F)(F)c1ccc(-c2ccc(Cl)cc2)cc1)N1CCC12CNC2.O=C(O)C(F)(F)F. The van der Waals surface area contributed by atoms with Crippen molar-refractivity contribution in [1.29, 1.82) is 0 Å². The Morgan fingerprint density at radius 3 is 1.98 bits per heavy atom. The van der Waals surface area contributed by atoms with Crippen LogP contribution in [0.25, 0.3) is 21.9 Å². The zero-order chi connectivity index (χ0) is 38.2. The predicted octanol–water partition coefficient (Wildman–Crippen LogP) is 7.13. The van der Waals surface area contributed by atoms with Gasteiger partial charge < -0.3 is 20.1 Å². The molecule has 1 aliphatic carbocycles. The number of fused-ring (bicyclic) bond motifs is 1. The molecule has 1 spiro atoms. The van der Waals surface area contributed by atoms with Gasteiger partial charge in [0.2, 0.25) is 15.9 Å². The van der Waals surface area contributed by atoms with Crippen LogP contribution in [0.5, 0.6) is 5.75 Å². The second-order valence-corrected chi connectivity index (χ2v) is 15.5. The van der Waals surface area contributed by atoms with Crippen molar-refractivity contribution in [3.63, 3.8) is 0 Å². The van der Waals surface area contributed by atoms with Gasteiger partial charge in [-0.2, -0.15) is 26.7 Å². The van der Waals surface area contributed by atoms with Gasteiger partial charge >= 0.3 is 12.1 Å². The van der Waals surface area contributed by atoms with Crippen LogP contribution in [-0.2, 0) is 25.5 Å². The van der Waals surface area contributed by atoms with Gasteiger partial charge in [-0.1, -0.05) is 60.1 Å². The van der Waals surface area contributed by atoms with E-state index in [2.05, 4.69) is 10.0 Å². The quantitative estimate of drug-likeness (QED) is 0.155.